The standard InChI is InChI=1S/C10H10ClN3S/c11-9-2-1-8(15-9)10-6-5-12-4-3-7(6)13-14-10/h1-2,12H,3-5H2,(H,13,14). The van der Waals surface area contributed by atoms with Gasteiger partial charge in [-0.3, -0.25) is 5.10 Å². The van der Waals surface area contributed by atoms with E-state index in [0.717, 1.165) is 34.4 Å². The topological polar surface area (TPSA) is 40.7 Å². The molecule has 2 aromatic heterocycles. The summed E-state index contributed by atoms with van der Waals surface area (Å²) in [6.45, 7) is 1.93. The minimum atomic E-state index is 0.811. The number of H-pyrrole nitrogens is 1. The molecule has 0 aliphatic carbocycles. The Balaban J connectivity index is 2.08. The summed E-state index contributed by atoms with van der Waals surface area (Å²) in [5, 5.41) is 10.8. The van der Waals surface area contributed by atoms with Crippen LogP contribution in [-0.4, -0.2) is 16.7 Å². The maximum Gasteiger partial charge on any atom is 0.107 e. The first-order valence-electron chi connectivity index (χ1n) is 4.87. The summed E-state index contributed by atoms with van der Waals surface area (Å²) >= 11 is 7.50. The van der Waals surface area contributed by atoms with Crippen LogP contribution in [-0.2, 0) is 13.0 Å². The Morgan fingerprint density at radius 2 is 2.33 bits per heavy atom. The average Bonchev–Trinajstić information content (AvgIpc) is 2.83. The molecule has 0 radical (unpaired) electrons. The van der Waals surface area contributed by atoms with Gasteiger partial charge >= 0.3 is 0 Å². The van der Waals surface area contributed by atoms with Crippen molar-refractivity contribution < 1.29 is 0 Å². The second-order valence-corrected chi connectivity index (χ2v) is 5.27. The fourth-order valence-electron chi connectivity index (χ4n) is 1.87. The van der Waals surface area contributed by atoms with Crippen molar-refractivity contribution in [3.63, 3.8) is 0 Å². The second-order valence-electron chi connectivity index (χ2n) is 3.56. The van der Waals surface area contributed by atoms with Gasteiger partial charge in [0.25, 0.3) is 0 Å². The van der Waals surface area contributed by atoms with Gasteiger partial charge in [-0.25, -0.2) is 0 Å². The highest BCUT2D eigenvalue weighted by molar-refractivity contribution is 7.19. The number of fused-ring (bicyclic) bond motifs is 1. The minimum Gasteiger partial charge on any atom is -0.312 e. The zero-order valence-electron chi connectivity index (χ0n) is 8.01. The number of halogens is 1. The van der Waals surface area contributed by atoms with Crippen molar-refractivity contribution in [1.82, 2.24) is 15.5 Å². The SMILES string of the molecule is Clc1ccc(-c2n[nH]c3c2CNCC3)s1. The van der Waals surface area contributed by atoms with Crippen LogP contribution in [0, 0.1) is 0 Å². The van der Waals surface area contributed by atoms with Crippen molar-refractivity contribution in [1.29, 1.82) is 0 Å². The van der Waals surface area contributed by atoms with Crippen molar-refractivity contribution in [3.8, 4) is 10.6 Å². The van der Waals surface area contributed by atoms with Crippen molar-refractivity contribution in [2.45, 2.75) is 13.0 Å². The lowest BCUT2D eigenvalue weighted by Gasteiger charge is -2.12. The maximum absolute atomic E-state index is 5.93. The molecule has 5 heteroatoms. The second kappa shape index (κ2) is 3.63. The molecule has 3 rings (SSSR count). The lowest BCUT2D eigenvalue weighted by atomic mass is 10.1. The number of thiophene rings is 1. The number of aromatic amines is 1. The van der Waals surface area contributed by atoms with E-state index >= 15 is 0 Å². The Morgan fingerprint density at radius 3 is 3.13 bits per heavy atom. The summed E-state index contributed by atoms with van der Waals surface area (Å²) in [7, 11) is 0. The van der Waals surface area contributed by atoms with Crippen molar-refractivity contribution in [2.75, 3.05) is 6.54 Å². The van der Waals surface area contributed by atoms with E-state index in [-0.39, 0.29) is 0 Å². The summed E-state index contributed by atoms with van der Waals surface area (Å²) < 4.78 is 0.811. The van der Waals surface area contributed by atoms with Gasteiger partial charge in [0.05, 0.1) is 9.21 Å². The number of nitrogens with one attached hydrogen (secondary N) is 2. The smallest absolute Gasteiger partial charge is 0.107 e. The highest BCUT2D eigenvalue weighted by Crippen LogP contribution is 2.33. The van der Waals surface area contributed by atoms with Crippen molar-refractivity contribution in [3.05, 3.63) is 27.7 Å². The highest BCUT2D eigenvalue weighted by Gasteiger charge is 2.18. The zero-order chi connectivity index (χ0) is 10.3. The number of aromatic nitrogens is 2. The first kappa shape index (κ1) is 9.39. The molecule has 0 aromatic carbocycles. The molecule has 78 valence electrons. The van der Waals surface area contributed by atoms with Crippen LogP contribution in [0.5, 0.6) is 0 Å². The molecule has 2 aromatic rings. The summed E-state index contributed by atoms with van der Waals surface area (Å²) in [6.07, 6.45) is 1.03. The van der Waals surface area contributed by atoms with Crippen molar-refractivity contribution >= 4 is 22.9 Å². The van der Waals surface area contributed by atoms with Crippen LogP contribution in [0.2, 0.25) is 4.34 Å². The fourth-order valence-corrected chi connectivity index (χ4v) is 2.93. The molecule has 1 aliphatic rings. The molecule has 0 bridgehead atoms. The van der Waals surface area contributed by atoms with E-state index in [0.29, 0.717) is 0 Å². The molecular weight excluding hydrogens is 230 g/mol. The van der Waals surface area contributed by atoms with Crippen LogP contribution < -0.4 is 5.32 Å². The molecule has 0 spiro atoms. The van der Waals surface area contributed by atoms with E-state index in [9.17, 15) is 0 Å². The molecular formula is C10H10ClN3S. The third-order valence-corrected chi connectivity index (χ3v) is 3.85. The Hall–Kier alpha value is -0.840. The average molecular weight is 240 g/mol. The first-order chi connectivity index (χ1) is 7.34. The summed E-state index contributed by atoms with van der Waals surface area (Å²) in [5.74, 6) is 0. The highest BCUT2D eigenvalue weighted by atomic mass is 35.5. The molecule has 15 heavy (non-hydrogen) atoms. The summed E-state index contributed by atoms with van der Waals surface area (Å²) in [5.41, 5.74) is 3.60. The van der Waals surface area contributed by atoms with Gasteiger partial charge in [-0.05, 0) is 12.1 Å². The predicted octanol–water partition coefficient (Wildman–Crippen LogP) is 2.44. The van der Waals surface area contributed by atoms with Gasteiger partial charge in [0.2, 0.25) is 0 Å². The minimum absolute atomic E-state index is 0.811. The largest absolute Gasteiger partial charge is 0.312 e. The lowest BCUT2D eigenvalue weighted by molar-refractivity contribution is 0.637. The fraction of sp³-hybridized carbons (Fsp3) is 0.300. The number of hydrogen-bond donors (Lipinski definition) is 2. The normalized spacial score (nSPS) is 15.3. The first-order valence-corrected chi connectivity index (χ1v) is 6.06. The van der Waals surface area contributed by atoms with Gasteiger partial charge in [-0.1, -0.05) is 11.6 Å². The summed E-state index contributed by atoms with van der Waals surface area (Å²) in [4.78, 5) is 1.14. The van der Waals surface area contributed by atoms with Crippen LogP contribution in [0.25, 0.3) is 10.6 Å². The van der Waals surface area contributed by atoms with Gasteiger partial charge in [0.1, 0.15) is 5.69 Å². The third kappa shape index (κ3) is 1.58. The van der Waals surface area contributed by atoms with Crippen LogP contribution in [0.3, 0.4) is 0 Å². The number of rotatable bonds is 1. The van der Waals surface area contributed by atoms with E-state index < -0.39 is 0 Å². The maximum atomic E-state index is 5.93. The third-order valence-electron chi connectivity index (χ3n) is 2.61. The van der Waals surface area contributed by atoms with Gasteiger partial charge in [0.15, 0.2) is 0 Å². The molecule has 0 atom stereocenters. The van der Waals surface area contributed by atoms with Gasteiger partial charge in [0, 0.05) is 30.8 Å². The molecule has 3 heterocycles. The molecule has 3 nitrogen and oxygen atoms in total. The Morgan fingerprint density at radius 1 is 1.40 bits per heavy atom. The van der Waals surface area contributed by atoms with Gasteiger partial charge in [-0.2, -0.15) is 5.10 Å². The Labute approximate surface area is 96.5 Å². The van der Waals surface area contributed by atoms with Crippen molar-refractivity contribution in [2.24, 2.45) is 0 Å². The van der Waals surface area contributed by atoms with E-state index in [2.05, 4.69) is 15.5 Å². The molecule has 0 fully saturated rings. The van der Waals surface area contributed by atoms with Crippen LogP contribution >= 0.6 is 22.9 Å². The molecule has 0 saturated carbocycles. The molecule has 0 unspecified atom stereocenters. The van der Waals surface area contributed by atoms with Crippen LogP contribution in [0.15, 0.2) is 12.1 Å². The van der Waals surface area contributed by atoms with E-state index in [4.69, 9.17) is 11.6 Å². The van der Waals surface area contributed by atoms with Crippen LogP contribution in [0.4, 0.5) is 0 Å². The Bertz CT molecular complexity index is 489. The molecule has 1 aliphatic heterocycles. The van der Waals surface area contributed by atoms with E-state index in [1.165, 1.54) is 11.3 Å². The summed E-state index contributed by atoms with van der Waals surface area (Å²) in [6, 6.07) is 3.94. The number of nitrogens with zero attached hydrogens (tertiary/aromatic N) is 1. The quantitative estimate of drug-likeness (QED) is 0.803. The monoisotopic (exact) mass is 239 g/mol. The molecule has 0 amide bonds. The lowest BCUT2D eigenvalue weighted by Crippen LogP contribution is -2.23. The Kier molecular flexibility index (Phi) is 2.27. The van der Waals surface area contributed by atoms with Crippen LogP contribution in [0.1, 0.15) is 11.3 Å². The van der Waals surface area contributed by atoms with E-state index in [1.54, 1.807) is 11.3 Å². The van der Waals surface area contributed by atoms with Gasteiger partial charge in [-0.15, -0.1) is 11.3 Å². The molecule has 2 N–H and O–H groups in total. The predicted molar refractivity (Wildman–Crippen MR) is 62.3 cm³/mol. The van der Waals surface area contributed by atoms with Gasteiger partial charge < -0.3 is 5.32 Å². The molecule has 0 saturated heterocycles. The van der Waals surface area contributed by atoms with E-state index in [1.807, 2.05) is 12.1 Å². The zero-order valence-corrected chi connectivity index (χ0v) is 9.58. The number of hydrogen-bond acceptors (Lipinski definition) is 3.